The second-order valence-corrected chi connectivity index (χ2v) is 5.36. The summed E-state index contributed by atoms with van der Waals surface area (Å²) in [4.78, 5) is 19.8. The molecular weight excluding hydrogens is 297 g/mol. The number of benzene rings is 1. The molecule has 1 heterocycles. The minimum Gasteiger partial charge on any atom is -0.306 e. The molecule has 0 unspecified atom stereocenters. The van der Waals surface area contributed by atoms with Crippen LogP contribution in [0.5, 0.6) is 0 Å². The summed E-state index contributed by atoms with van der Waals surface area (Å²) in [6.45, 7) is 0. The van der Waals surface area contributed by atoms with E-state index in [2.05, 4.69) is 15.3 Å². The average molecular weight is 308 g/mol. The quantitative estimate of drug-likeness (QED) is 0.682. The Morgan fingerprint density at radius 1 is 1.10 bits per heavy atom. The Balaban J connectivity index is 1.82. The summed E-state index contributed by atoms with van der Waals surface area (Å²) in [7, 11) is 0. The number of nitrogens with one attached hydrogen (secondary N) is 1. The van der Waals surface area contributed by atoms with Gasteiger partial charge in [0.25, 0.3) is 5.91 Å². The fraction of sp³-hybridized carbons (Fsp3) is 0.214. The zero-order valence-corrected chi connectivity index (χ0v) is 12.0. The number of hydrogen-bond donors (Lipinski definition) is 1. The van der Waals surface area contributed by atoms with Gasteiger partial charge in [0.05, 0.1) is 0 Å². The third-order valence-electron chi connectivity index (χ3n) is 3.27. The zero-order valence-electron chi connectivity index (χ0n) is 10.5. The van der Waals surface area contributed by atoms with Crippen molar-refractivity contribution in [2.24, 2.45) is 0 Å². The smallest absolute Gasteiger partial charge is 0.256 e. The van der Waals surface area contributed by atoms with Crippen LogP contribution < -0.4 is 5.32 Å². The molecule has 1 aromatic heterocycles. The lowest BCUT2D eigenvalue weighted by molar-refractivity contribution is 0.102. The monoisotopic (exact) mass is 307 g/mol. The van der Waals surface area contributed by atoms with Gasteiger partial charge in [-0.1, -0.05) is 17.7 Å². The zero-order chi connectivity index (χ0) is 14.1. The van der Waals surface area contributed by atoms with Crippen LogP contribution in [-0.2, 0) is 12.8 Å². The van der Waals surface area contributed by atoms with Gasteiger partial charge < -0.3 is 5.32 Å². The molecule has 0 radical (unpaired) electrons. The maximum atomic E-state index is 12.2. The van der Waals surface area contributed by atoms with Crippen LogP contribution in [0.2, 0.25) is 10.4 Å². The van der Waals surface area contributed by atoms with Crippen molar-refractivity contribution in [3.05, 3.63) is 51.4 Å². The fourth-order valence-electron chi connectivity index (χ4n) is 2.36. The number of aryl methyl sites for hydroxylation is 2. The van der Waals surface area contributed by atoms with Gasteiger partial charge in [-0.25, -0.2) is 9.97 Å². The van der Waals surface area contributed by atoms with E-state index in [-0.39, 0.29) is 16.3 Å². The van der Waals surface area contributed by atoms with Crippen molar-refractivity contribution in [2.45, 2.75) is 19.3 Å². The van der Waals surface area contributed by atoms with Gasteiger partial charge in [-0.05, 0) is 54.1 Å². The Bertz CT molecular complexity index is 668. The van der Waals surface area contributed by atoms with Gasteiger partial charge in [-0.15, -0.1) is 0 Å². The summed E-state index contributed by atoms with van der Waals surface area (Å²) in [5.41, 5.74) is 3.18. The first-order valence-electron chi connectivity index (χ1n) is 6.25. The number of aromatic nitrogens is 2. The molecule has 20 heavy (non-hydrogen) atoms. The highest BCUT2D eigenvalue weighted by Crippen LogP contribution is 2.23. The van der Waals surface area contributed by atoms with Crippen molar-refractivity contribution >= 4 is 34.9 Å². The highest BCUT2D eigenvalue weighted by Gasteiger charge is 2.14. The number of anilines is 1. The third kappa shape index (κ3) is 2.76. The lowest BCUT2D eigenvalue weighted by Crippen LogP contribution is -2.13. The van der Waals surface area contributed by atoms with Crippen molar-refractivity contribution in [1.29, 1.82) is 0 Å². The fourth-order valence-corrected chi connectivity index (χ4v) is 2.76. The Kier molecular flexibility index (Phi) is 3.59. The van der Waals surface area contributed by atoms with Gasteiger partial charge >= 0.3 is 0 Å². The molecule has 1 aliphatic carbocycles. The van der Waals surface area contributed by atoms with Crippen molar-refractivity contribution in [3.63, 3.8) is 0 Å². The Labute approximate surface area is 126 Å². The van der Waals surface area contributed by atoms with Crippen LogP contribution in [-0.4, -0.2) is 15.9 Å². The summed E-state index contributed by atoms with van der Waals surface area (Å²) in [5, 5.41) is 2.86. The van der Waals surface area contributed by atoms with Crippen molar-refractivity contribution < 1.29 is 4.79 Å². The number of fused-ring (bicyclic) bond motifs is 1. The molecule has 1 N–H and O–H groups in total. The number of hydrogen-bond acceptors (Lipinski definition) is 3. The number of halogens is 2. The van der Waals surface area contributed by atoms with Gasteiger partial charge in [0.15, 0.2) is 0 Å². The van der Waals surface area contributed by atoms with Crippen LogP contribution in [0.3, 0.4) is 0 Å². The Hall–Kier alpha value is -1.65. The number of amides is 1. The number of carbonyl (C=O) groups excluding carboxylic acids is 1. The largest absolute Gasteiger partial charge is 0.306 e. The molecule has 0 bridgehead atoms. The second kappa shape index (κ2) is 5.38. The molecule has 4 nitrogen and oxygen atoms in total. The van der Waals surface area contributed by atoms with E-state index >= 15 is 0 Å². The lowest BCUT2D eigenvalue weighted by Gasteiger charge is -2.07. The van der Waals surface area contributed by atoms with Crippen LogP contribution in [0.15, 0.2) is 24.3 Å². The van der Waals surface area contributed by atoms with Gasteiger partial charge in [0.2, 0.25) is 5.28 Å². The molecule has 0 saturated heterocycles. The van der Waals surface area contributed by atoms with E-state index in [9.17, 15) is 4.79 Å². The van der Waals surface area contributed by atoms with Crippen LogP contribution >= 0.6 is 23.2 Å². The first-order valence-corrected chi connectivity index (χ1v) is 7.00. The average Bonchev–Trinajstić information content (AvgIpc) is 2.84. The molecule has 102 valence electrons. The normalized spacial score (nSPS) is 13.1. The van der Waals surface area contributed by atoms with E-state index in [1.807, 2.05) is 18.2 Å². The van der Waals surface area contributed by atoms with E-state index in [0.29, 0.717) is 11.4 Å². The highest BCUT2D eigenvalue weighted by atomic mass is 35.5. The number of rotatable bonds is 2. The lowest BCUT2D eigenvalue weighted by atomic mass is 10.1. The van der Waals surface area contributed by atoms with Crippen LogP contribution in [0, 0.1) is 0 Å². The maximum Gasteiger partial charge on any atom is 0.256 e. The van der Waals surface area contributed by atoms with Crippen LogP contribution in [0.25, 0.3) is 0 Å². The molecule has 2 aromatic rings. The third-order valence-corrected chi connectivity index (χ3v) is 3.63. The molecule has 1 aliphatic rings. The summed E-state index contributed by atoms with van der Waals surface area (Å²) < 4.78 is 0. The summed E-state index contributed by atoms with van der Waals surface area (Å²) in [6.07, 6.45) is 3.27. The van der Waals surface area contributed by atoms with Gasteiger partial charge in [0, 0.05) is 11.6 Å². The summed E-state index contributed by atoms with van der Waals surface area (Å²) in [6, 6.07) is 7.22. The Morgan fingerprint density at radius 3 is 2.70 bits per heavy atom. The predicted octanol–water partition coefficient (Wildman–Crippen LogP) is 3.52. The topological polar surface area (TPSA) is 54.9 Å². The molecule has 0 fully saturated rings. The van der Waals surface area contributed by atoms with E-state index in [1.54, 1.807) is 0 Å². The molecule has 0 atom stereocenters. The standard InChI is InChI=1S/C14H11Cl2N3O/c15-11-7-12(19-14(16)17-11)18-13(20)10-5-4-8-2-1-3-9(8)6-10/h4-7H,1-3H2,(H,17,18,19,20). The number of nitrogens with zero attached hydrogens (tertiary/aromatic N) is 2. The van der Waals surface area contributed by atoms with Gasteiger partial charge in [-0.2, -0.15) is 0 Å². The van der Waals surface area contributed by atoms with Gasteiger partial charge in [-0.3, -0.25) is 4.79 Å². The molecule has 1 aromatic carbocycles. The first-order chi connectivity index (χ1) is 9.61. The predicted molar refractivity (Wildman–Crippen MR) is 78.5 cm³/mol. The second-order valence-electron chi connectivity index (χ2n) is 4.64. The molecule has 6 heteroatoms. The van der Waals surface area contributed by atoms with Crippen LogP contribution in [0.1, 0.15) is 27.9 Å². The SMILES string of the molecule is O=C(Nc1cc(Cl)nc(Cl)n1)c1ccc2c(c1)CCC2. The molecule has 0 spiro atoms. The minimum atomic E-state index is -0.231. The summed E-state index contributed by atoms with van der Waals surface area (Å²) >= 11 is 11.5. The Morgan fingerprint density at radius 2 is 1.90 bits per heavy atom. The maximum absolute atomic E-state index is 12.2. The number of carbonyl (C=O) groups is 1. The highest BCUT2D eigenvalue weighted by molar-refractivity contribution is 6.32. The van der Waals surface area contributed by atoms with Gasteiger partial charge in [0.1, 0.15) is 11.0 Å². The van der Waals surface area contributed by atoms with E-state index in [0.717, 1.165) is 19.3 Å². The molecule has 0 saturated carbocycles. The molecule has 3 rings (SSSR count). The molecular formula is C14H11Cl2N3O. The van der Waals surface area contributed by atoms with E-state index in [1.165, 1.54) is 17.2 Å². The van der Waals surface area contributed by atoms with Crippen molar-refractivity contribution in [1.82, 2.24) is 9.97 Å². The minimum absolute atomic E-state index is 0.00162. The van der Waals surface area contributed by atoms with Crippen LogP contribution in [0.4, 0.5) is 5.82 Å². The van der Waals surface area contributed by atoms with E-state index < -0.39 is 0 Å². The molecule has 1 amide bonds. The summed E-state index contributed by atoms with van der Waals surface area (Å²) in [5.74, 6) is 0.0611. The van der Waals surface area contributed by atoms with Crippen molar-refractivity contribution in [3.8, 4) is 0 Å². The first kappa shape index (κ1) is 13.3. The molecule has 0 aliphatic heterocycles. The van der Waals surface area contributed by atoms with Crippen molar-refractivity contribution in [2.75, 3.05) is 5.32 Å². The van der Waals surface area contributed by atoms with E-state index in [4.69, 9.17) is 23.2 Å².